The van der Waals surface area contributed by atoms with E-state index in [1.165, 1.54) is 0 Å². The van der Waals surface area contributed by atoms with Crippen molar-refractivity contribution in [3.05, 3.63) is 57.0 Å². The summed E-state index contributed by atoms with van der Waals surface area (Å²) >= 11 is 18.1. The van der Waals surface area contributed by atoms with Crippen LogP contribution in [0.5, 0.6) is 11.5 Å². The Morgan fingerprint density at radius 3 is 2.55 bits per heavy atom. The molecule has 0 bridgehead atoms. The second-order valence-corrected chi connectivity index (χ2v) is 5.81. The first-order valence-corrected chi connectivity index (χ1v) is 7.26. The van der Waals surface area contributed by atoms with E-state index in [0.717, 1.165) is 5.56 Å². The van der Waals surface area contributed by atoms with E-state index in [1.54, 1.807) is 30.3 Å². The SMILES string of the molecule is CC(N)Cc1cc(Cl)ccc1Oc1cccc(Cl)c1Cl. The number of ether oxygens (including phenoxy) is 1. The van der Waals surface area contributed by atoms with Crippen LogP contribution in [0.15, 0.2) is 36.4 Å². The van der Waals surface area contributed by atoms with Crippen LogP contribution >= 0.6 is 34.8 Å². The molecular weight excluding hydrogens is 317 g/mol. The maximum Gasteiger partial charge on any atom is 0.147 e. The van der Waals surface area contributed by atoms with Gasteiger partial charge in [0.05, 0.1) is 5.02 Å². The van der Waals surface area contributed by atoms with Crippen molar-refractivity contribution in [2.24, 2.45) is 5.73 Å². The highest BCUT2D eigenvalue weighted by Crippen LogP contribution is 2.36. The molecule has 5 heteroatoms. The van der Waals surface area contributed by atoms with Crippen LogP contribution in [0.4, 0.5) is 0 Å². The minimum atomic E-state index is 0.00523. The summed E-state index contributed by atoms with van der Waals surface area (Å²) in [5.74, 6) is 1.18. The normalized spacial score (nSPS) is 12.2. The lowest BCUT2D eigenvalue weighted by Gasteiger charge is -2.14. The summed E-state index contributed by atoms with van der Waals surface area (Å²) in [4.78, 5) is 0. The van der Waals surface area contributed by atoms with E-state index < -0.39 is 0 Å². The topological polar surface area (TPSA) is 35.2 Å². The molecule has 2 aromatic rings. The van der Waals surface area contributed by atoms with Crippen molar-refractivity contribution in [1.29, 1.82) is 0 Å². The third-order valence-electron chi connectivity index (χ3n) is 2.70. The van der Waals surface area contributed by atoms with Crippen LogP contribution in [0.1, 0.15) is 12.5 Å². The third kappa shape index (κ3) is 3.80. The lowest BCUT2D eigenvalue weighted by Crippen LogP contribution is -2.18. The molecule has 0 saturated carbocycles. The van der Waals surface area contributed by atoms with Crippen LogP contribution in [0, 0.1) is 0 Å². The van der Waals surface area contributed by atoms with Crippen LogP contribution in [-0.4, -0.2) is 6.04 Å². The van der Waals surface area contributed by atoms with Crippen molar-refractivity contribution in [2.75, 3.05) is 0 Å². The Balaban J connectivity index is 2.35. The Kier molecular flexibility index (Phi) is 5.17. The first-order valence-electron chi connectivity index (χ1n) is 6.13. The Hall–Kier alpha value is -0.930. The molecule has 0 aromatic heterocycles. The van der Waals surface area contributed by atoms with E-state index >= 15 is 0 Å². The first kappa shape index (κ1) is 15.5. The van der Waals surface area contributed by atoms with E-state index in [-0.39, 0.29) is 6.04 Å². The fraction of sp³-hybridized carbons (Fsp3) is 0.200. The number of hydrogen-bond acceptors (Lipinski definition) is 2. The molecule has 2 nitrogen and oxygen atoms in total. The van der Waals surface area contributed by atoms with Gasteiger partial charge in [-0.05, 0) is 49.2 Å². The van der Waals surface area contributed by atoms with Gasteiger partial charge in [0.25, 0.3) is 0 Å². The zero-order valence-corrected chi connectivity index (χ0v) is 13.1. The van der Waals surface area contributed by atoms with Crippen molar-refractivity contribution < 1.29 is 4.74 Å². The van der Waals surface area contributed by atoms with Crippen molar-refractivity contribution >= 4 is 34.8 Å². The largest absolute Gasteiger partial charge is 0.455 e. The average molecular weight is 331 g/mol. The summed E-state index contributed by atoms with van der Waals surface area (Å²) in [5.41, 5.74) is 6.78. The quantitative estimate of drug-likeness (QED) is 0.822. The van der Waals surface area contributed by atoms with Gasteiger partial charge in [0.2, 0.25) is 0 Å². The second kappa shape index (κ2) is 6.68. The molecule has 1 atom stereocenters. The summed E-state index contributed by atoms with van der Waals surface area (Å²) in [6.07, 6.45) is 0.661. The Labute approximate surface area is 133 Å². The van der Waals surface area contributed by atoms with Gasteiger partial charge in [-0.25, -0.2) is 0 Å². The molecule has 0 heterocycles. The highest BCUT2D eigenvalue weighted by Gasteiger charge is 2.11. The molecular formula is C15H14Cl3NO. The van der Waals surface area contributed by atoms with E-state index in [1.807, 2.05) is 13.0 Å². The number of benzene rings is 2. The van der Waals surface area contributed by atoms with Gasteiger partial charge in [0.1, 0.15) is 16.5 Å². The molecule has 20 heavy (non-hydrogen) atoms. The smallest absolute Gasteiger partial charge is 0.147 e. The molecule has 2 aromatic carbocycles. The van der Waals surface area contributed by atoms with E-state index in [2.05, 4.69) is 0 Å². The average Bonchev–Trinajstić information content (AvgIpc) is 2.37. The molecule has 0 spiro atoms. The summed E-state index contributed by atoms with van der Waals surface area (Å²) in [5, 5.41) is 1.48. The number of hydrogen-bond donors (Lipinski definition) is 1. The molecule has 2 rings (SSSR count). The fourth-order valence-corrected chi connectivity index (χ4v) is 2.36. The van der Waals surface area contributed by atoms with Gasteiger partial charge in [-0.3, -0.25) is 0 Å². The van der Waals surface area contributed by atoms with Gasteiger partial charge in [-0.15, -0.1) is 0 Å². The molecule has 0 radical (unpaired) electrons. The third-order valence-corrected chi connectivity index (χ3v) is 3.74. The number of rotatable bonds is 4. The van der Waals surface area contributed by atoms with Crippen LogP contribution in [0.2, 0.25) is 15.1 Å². The molecule has 0 aliphatic heterocycles. The molecule has 2 N–H and O–H groups in total. The van der Waals surface area contributed by atoms with Crippen LogP contribution in [0.3, 0.4) is 0 Å². The minimum Gasteiger partial charge on any atom is -0.455 e. The van der Waals surface area contributed by atoms with E-state index in [4.69, 9.17) is 45.3 Å². The molecule has 0 fully saturated rings. The van der Waals surface area contributed by atoms with Crippen molar-refractivity contribution in [2.45, 2.75) is 19.4 Å². The Bertz CT molecular complexity index is 614. The van der Waals surface area contributed by atoms with Crippen LogP contribution in [-0.2, 0) is 6.42 Å². The fourth-order valence-electron chi connectivity index (χ4n) is 1.84. The summed E-state index contributed by atoms with van der Waals surface area (Å²) in [6, 6.07) is 10.7. The van der Waals surface area contributed by atoms with Gasteiger partial charge in [0, 0.05) is 11.1 Å². The summed E-state index contributed by atoms with van der Waals surface area (Å²) in [7, 11) is 0. The Morgan fingerprint density at radius 1 is 1.10 bits per heavy atom. The summed E-state index contributed by atoms with van der Waals surface area (Å²) in [6.45, 7) is 1.93. The predicted octanol–water partition coefficient (Wildman–Crippen LogP) is 5.33. The van der Waals surface area contributed by atoms with Gasteiger partial charge in [-0.2, -0.15) is 0 Å². The number of nitrogens with two attached hydrogens (primary N) is 1. The first-order chi connectivity index (χ1) is 9.47. The minimum absolute atomic E-state index is 0.00523. The maximum atomic E-state index is 6.12. The predicted molar refractivity (Wildman–Crippen MR) is 85.3 cm³/mol. The lowest BCUT2D eigenvalue weighted by molar-refractivity contribution is 0.474. The monoisotopic (exact) mass is 329 g/mol. The van der Waals surface area contributed by atoms with Crippen molar-refractivity contribution in [3.8, 4) is 11.5 Å². The molecule has 0 amide bonds. The van der Waals surface area contributed by atoms with E-state index in [0.29, 0.717) is 33.0 Å². The molecule has 106 valence electrons. The van der Waals surface area contributed by atoms with Crippen molar-refractivity contribution in [1.82, 2.24) is 0 Å². The maximum absolute atomic E-state index is 6.12. The van der Waals surface area contributed by atoms with Gasteiger partial charge in [-0.1, -0.05) is 40.9 Å². The lowest BCUT2D eigenvalue weighted by atomic mass is 10.1. The Morgan fingerprint density at radius 2 is 1.85 bits per heavy atom. The number of halogens is 3. The van der Waals surface area contributed by atoms with Crippen molar-refractivity contribution in [3.63, 3.8) is 0 Å². The second-order valence-electron chi connectivity index (χ2n) is 4.59. The molecule has 0 aliphatic rings. The van der Waals surface area contributed by atoms with Gasteiger partial charge in [0.15, 0.2) is 0 Å². The highest BCUT2D eigenvalue weighted by molar-refractivity contribution is 6.42. The van der Waals surface area contributed by atoms with Gasteiger partial charge < -0.3 is 10.5 Å². The van der Waals surface area contributed by atoms with Crippen LogP contribution < -0.4 is 10.5 Å². The highest BCUT2D eigenvalue weighted by atomic mass is 35.5. The van der Waals surface area contributed by atoms with E-state index in [9.17, 15) is 0 Å². The van der Waals surface area contributed by atoms with Crippen LogP contribution in [0.25, 0.3) is 0 Å². The molecule has 0 saturated heterocycles. The zero-order valence-electron chi connectivity index (χ0n) is 10.9. The summed E-state index contributed by atoms with van der Waals surface area (Å²) < 4.78 is 5.85. The molecule has 1 unspecified atom stereocenters. The standard InChI is InChI=1S/C15H14Cl3NO/c1-9(19)7-10-8-11(16)5-6-13(10)20-14-4-2-3-12(17)15(14)18/h2-6,8-9H,7,19H2,1H3. The molecule has 0 aliphatic carbocycles. The zero-order chi connectivity index (χ0) is 14.7. The van der Waals surface area contributed by atoms with Gasteiger partial charge >= 0.3 is 0 Å².